The van der Waals surface area contributed by atoms with E-state index in [1.54, 1.807) is 11.3 Å². The lowest BCUT2D eigenvalue weighted by atomic mass is 10.1. The van der Waals surface area contributed by atoms with Gasteiger partial charge in [0.2, 0.25) is 5.91 Å². The van der Waals surface area contributed by atoms with Gasteiger partial charge in [-0.2, -0.15) is 0 Å². The zero-order valence-corrected chi connectivity index (χ0v) is 16.0. The third-order valence-electron chi connectivity index (χ3n) is 3.60. The normalized spacial score (nSPS) is 11.0. The van der Waals surface area contributed by atoms with Gasteiger partial charge in [0.25, 0.3) is 0 Å². The second-order valence-electron chi connectivity index (χ2n) is 5.70. The molecule has 124 valence electrons. The van der Waals surface area contributed by atoms with E-state index in [1.807, 2.05) is 32.0 Å². The number of carbonyl (C=O) groups is 1. The van der Waals surface area contributed by atoms with Crippen LogP contribution in [0.1, 0.15) is 16.7 Å². The zero-order chi connectivity index (χ0) is 17.3. The van der Waals surface area contributed by atoms with Gasteiger partial charge in [0, 0.05) is 10.7 Å². The third kappa shape index (κ3) is 3.91. The fraction of sp³-hybridized carbons (Fsp3) is 0.222. The number of carbonyl (C=O) groups excluding carboxylic acids is 1. The lowest BCUT2D eigenvalue weighted by Gasteiger charge is -2.12. The largest absolute Gasteiger partial charge is 0.325 e. The number of fused-ring (bicyclic) bond motifs is 1. The second kappa shape index (κ2) is 7.13. The van der Waals surface area contributed by atoms with Crippen molar-refractivity contribution >= 4 is 56.5 Å². The highest BCUT2D eigenvalue weighted by Gasteiger charge is 2.11. The highest BCUT2D eigenvalue weighted by atomic mass is 35.5. The van der Waals surface area contributed by atoms with Crippen LogP contribution in [0.2, 0.25) is 5.02 Å². The number of hydrogen-bond donors (Lipinski definition) is 1. The summed E-state index contributed by atoms with van der Waals surface area (Å²) in [5.74, 6) is 0.313. The van der Waals surface area contributed by atoms with E-state index in [4.69, 9.17) is 11.6 Å². The number of benzene rings is 2. The molecule has 0 atom stereocenters. The van der Waals surface area contributed by atoms with E-state index < -0.39 is 0 Å². The lowest BCUT2D eigenvalue weighted by Crippen LogP contribution is -2.15. The molecule has 0 aliphatic carbocycles. The fourth-order valence-electron chi connectivity index (χ4n) is 2.62. The Bertz CT molecular complexity index is 898. The molecule has 0 radical (unpaired) electrons. The summed E-state index contributed by atoms with van der Waals surface area (Å²) in [6.45, 7) is 6.08. The van der Waals surface area contributed by atoms with Crippen molar-refractivity contribution < 1.29 is 4.79 Å². The van der Waals surface area contributed by atoms with Crippen LogP contribution in [0.25, 0.3) is 10.2 Å². The lowest BCUT2D eigenvalue weighted by molar-refractivity contribution is -0.113. The van der Waals surface area contributed by atoms with E-state index in [2.05, 4.69) is 29.4 Å². The summed E-state index contributed by atoms with van der Waals surface area (Å²) in [6.07, 6.45) is 0. The Labute approximate surface area is 154 Å². The van der Waals surface area contributed by atoms with Gasteiger partial charge in [-0.15, -0.1) is 11.3 Å². The molecule has 0 spiro atoms. The van der Waals surface area contributed by atoms with Gasteiger partial charge in [0.15, 0.2) is 4.34 Å². The maximum atomic E-state index is 12.3. The number of thiazole rings is 1. The van der Waals surface area contributed by atoms with Crippen LogP contribution >= 0.6 is 34.7 Å². The molecule has 0 bridgehead atoms. The predicted molar refractivity (Wildman–Crippen MR) is 105 cm³/mol. The molecule has 0 unspecified atom stereocenters. The first-order valence-electron chi connectivity index (χ1n) is 7.49. The maximum Gasteiger partial charge on any atom is 0.234 e. The quantitative estimate of drug-likeness (QED) is 0.602. The number of thioether (sulfide) groups is 1. The van der Waals surface area contributed by atoms with Gasteiger partial charge in [-0.3, -0.25) is 4.79 Å². The molecule has 1 aromatic heterocycles. The second-order valence-corrected chi connectivity index (χ2v) is 8.39. The summed E-state index contributed by atoms with van der Waals surface area (Å²) in [7, 11) is 0. The van der Waals surface area contributed by atoms with Crippen molar-refractivity contribution in [3.63, 3.8) is 0 Å². The van der Waals surface area contributed by atoms with Crippen LogP contribution in [0.4, 0.5) is 5.69 Å². The molecule has 1 heterocycles. The Balaban J connectivity index is 1.67. The number of nitrogens with one attached hydrogen (secondary N) is 1. The van der Waals surface area contributed by atoms with Crippen LogP contribution in [-0.4, -0.2) is 16.6 Å². The van der Waals surface area contributed by atoms with Crippen LogP contribution in [0, 0.1) is 20.8 Å². The van der Waals surface area contributed by atoms with Crippen LogP contribution < -0.4 is 5.32 Å². The molecule has 1 N–H and O–H groups in total. The number of aryl methyl sites for hydroxylation is 3. The van der Waals surface area contributed by atoms with Crippen molar-refractivity contribution in [2.45, 2.75) is 25.1 Å². The molecule has 0 aliphatic rings. The van der Waals surface area contributed by atoms with Gasteiger partial charge in [0.05, 0.1) is 16.0 Å². The van der Waals surface area contributed by atoms with Gasteiger partial charge >= 0.3 is 0 Å². The topological polar surface area (TPSA) is 42.0 Å². The van der Waals surface area contributed by atoms with Crippen LogP contribution in [-0.2, 0) is 4.79 Å². The molecule has 2 aromatic carbocycles. The maximum absolute atomic E-state index is 12.3. The number of hydrogen-bond acceptors (Lipinski definition) is 4. The molecular formula is C18H17ClN2OS2. The molecular weight excluding hydrogens is 360 g/mol. The molecule has 0 saturated heterocycles. The molecule has 3 aromatic rings. The Morgan fingerprint density at radius 3 is 2.62 bits per heavy atom. The first-order chi connectivity index (χ1) is 11.4. The van der Waals surface area contributed by atoms with Crippen molar-refractivity contribution in [2.75, 3.05) is 11.1 Å². The first kappa shape index (κ1) is 17.3. The number of anilines is 1. The number of amides is 1. The SMILES string of the molecule is Cc1cc(C)c(NC(=O)CSc2nc3cc(Cl)ccc3s2)c(C)c1. The van der Waals surface area contributed by atoms with Crippen LogP contribution in [0.3, 0.4) is 0 Å². The van der Waals surface area contributed by atoms with E-state index in [0.717, 1.165) is 31.4 Å². The molecule has 0 aliphatic heterocycles. The first-order valence-corrected chi connectivity index (χ1v) is 9.67. The van der Waals surface area contributed by atoms with Gasteiger partial charge in [-0.05, 0) is 50.1 Å². The summed E-state index contributed by atoms with van der Waals surface area (Å²) in [5.41, 5.74) is 5.15. The smallest absolute Gasteiger partial charge is 0.234 e. The number of nitrogens with zero attached hydrogens (tertiary/aromatic N) is 1. The van der Waals surface area contributed by atoms with Crippen LogP contribution in [0.15, 0.2) is 34.7 Å². The zero-order valence-electron chi connectivity index (χ0n) is 13.6. The summed E-state index contributed by atoms with van der Waals surface area (Å²) >= 11 is 9.00. The number of rotatable bonds is 4. The standard InChI is InChI=1S/C18H17ClN2OS2/c1-10-6-11(2)17(12(3)7-10)21-16(22)9-23-18-20-14-8-13(19)4-5-15(14)24-18/h4-8H,9H2,1-3H3,(H,21,22). The monoisotopic (exact) mass is 376 g/mol. The third-order valence-corrected chi connectivity index (χ3v) is 6.01. The van der Waals surface area contributed by atoms with Crippen molar-refractivity contribution in [3.8, 4) is 0 Å². The van der Waals surface area contributed by atoms with Crippen LogP contribution in [0.5, 0.6) is 0 Å². The predicted octanol–water partition coefficient (Wildman–Crippen LogP) is 5.61. The average Bonchev–Trinajstić information content (AvgIpc) is 2.90. The summed E-state index contributed by atoms with van der Waals surface area (Å²) < 4.78 is 1.95. The Morgan fingerprint density at radius 2 is 1.92 bits per heavy atom. The van der Waals surface area contributed by atoms with Crippen molar-refractivity contribution in [1.82, 2.24) is 4.98 Å². The highest BCUT2D eigenvalue weighted by Crippen LogP contribution is 2.31. The Morgan fingerprint density at radius 1 is 1.21 bits per heavy atom. The highest BCUT2D eigenvalue weighted by molar-refractivity contribution is 8.01. The molecule has 0 fully saturated rings. The van der Waals surface area contributed by atoms with Gasteiger partial charge in [0.1, 0.15) is 0 Å². The van der Waals surface area contributed by atoms with Gasteiger partial charge in [-0.25, -0.2) is 4.98 Å². The summed E-state index contributed by atoms with van der Waals surface area (Å²) in [6, 6.07) is 9.81. The van der Waals surface area contributed by atoms with Gasteiger partial charge < -0.3 is 5.32 Å². The Kier molecular flexibility index (Phi) is 5.13. The summed E-state index contributed by atoms with van der Waals surface area (Å²) in [5, 5.41) is 3.69. The summed E-state index contributed by atoms with van der Waals surface area (Å²) in [4.78, 5) is 16.8. The molecule has 3 nitrogen and oxygen atoms in total. The minimum atomic E-state index is -0.0210. The van der Waals surface area contributed by atoms with Crippen molar-refractivity contribution in [2.24, 2.45) is 0 Å². The molecule has 24 heavy (non-hydrogen) atoms. The molecule has 0 saturated carbocycles. The van der Waals surface area contributed by atoms with E-state index in [0.29, 0.717) is 10.8 Å². The van der Waals surface area contributed by atoms with E-state index in [1.165, 1.54) is 17.3 Å². The van der Waals surface area contributed by atoms with Crippen molar-refractivity contribution in [3.05, 3.63) is 52.0 Å². The minimum Gasteiger partial charge on any atom is -0.325 e. The number of aromatic nitrogens is 1. The average molecular weight is 377 g/mol. The van der Waals surface area contributed by atoms with E-state index in [-0.39, 0.29) is 5.91 Å². The molecule has 3 rings (SSSR count). The molecule has 6 heteroatoms. The Hall–Kier alpha value is -1.56. The molecule has 1 amide bonds. The fourth-order valence-corrected chi connectivity index (χ4v) is 4.64. The van der Waals surface area contributed by atoms with Gasteiger partial charge in [-0.1, -0.05) is 41.1 Å². The van der Waals surface area contributed by atoms with Crippen molar-refractivity contribution in [1.29, 1.82) is 0 Å². The van der Waals surface area contributed by atoms with E-state index in [9.17, 15) is 4.79 Å². The minimum absolute atomic E-state index is 0.0210. The number of halogens is 1. The van der Waals surface area contributed by atoms with E-state index >= 15 is 0 Å².